The van der Waals surface area contributed by atoms with E-state index in [-0.39, 0.29) is 0 Å². The Balaban J connectivity index is 2.13. The van der Waals surface area contributed by atoms with Crippen LogP contribution in [0.4, 0.5) is 0 Å². The number of fused-ring (bicyclic) bond motifs is 3. The molecule has 1 aliphatic carbocycles. The van der Waals surface area contributed by atoms with Gasteiger partial charge in [0.25, 0.3) is 0 Å². The van der Waals surface area contributed by atoms with Gasteiger partial charge in [-0.15, -0.1) is 0 Å². The highest BCUT2D eigenvalue weighted by atomic mass is 16.4. The molecule has 0 amide bonds. The van der Waals surface area contributed by atoms with E-state index in [1.165, 1.54) is 30.5 Å². The van der Waals surface area contributed by atoms with Crippen molar-refractivity contribution in [3.8, 4) is 0 Å². The maximum Gasteiger partial charge on any atom is 0.335 e. The average Bonchev–Trinajstić information content (AvgIpc) is 2.83. The molecule has 1 aromatic carbocycles. The van der Waals surface area contributed by atoms with Crippen LogP contribution in [0.1, 0.15) is 54.7 Å². The molecule has 0 bridgehead atoms. The normalized spacial score (nSPS) is 17.1. The molecule has 20 heavy (non-hydrogen) atoms. The van der Waals surface area contributed by atoms with E-state index in [1.54, 1.807) is 6.07 Å². The number of carboxylic acid groups (broad SMARTS) is 1. The molecule has 3 heteroatoms. The highest BCUT2D eigenvalue weighted by molar-refractivity contribution is 5.95. The van der Waals surface area contributed by atoms with Crippen LogP contribution in [-0.4, -0.2) is 16.1 Å². The molecule has 2 aromatic rings. The van der Waals surface area contributed by atoms with Crippen LogP contribution in [0.3, 0.4) is 0 Å². The molecule has 0 radical (unpaired) electrons. The fourth-order valence-corrected chi connectivity index (χ4v) is 3.56. The van der Waals surface area contributed by atoms with Gasteiger partial charge in [-0.2, -0.15) is 0 Å². The second-order valence-corrected chi connectivity index (χ2v) is 6.03. The van der Waals surface area contributed by atoms with E-state index >= 15 is 0 Å². The van der Waals surface area contributed by atoms with Gasteiger partial charge >= 0.3 is 5.97 Å². The van der Waals surface area contributed by atoms with Gasteiger partial charge in [-0.05, 0) is 48.4 Å². The van der Waals surface area contributed by atoms with Crippen molar-refractivity contribution in [2.24, 2.45) is 5.41 Å². The summed E-state index contributed by atoms with van der Waals surface area (Å²) in [6.07, 6.45) is 5.75. The van der Waals surface area contributed by atoms with Crippen molar-refractivity contribution in [3.63, 3.8) is 0 Å². The van der Waals surface area contributed by atoms with Gasteiger partial charge in [-0.3, -0.25) is 0 Å². The highest BCUT2D eigenvalue weighted by Crippen LogP contribution is 2.43. The van der Waals surface area contributed by atoms with Crippen LogP contribution in [0.2, 0.25) is 0 Å². The van der Waals surface area contributed by atoms with Crippen molar-refractivity contribution in [1.29, 1.82) is 0 Å². The van der Waals surface area contributed by atoms with Crippen molar-refractivity contribution < 1.29 is 9.90 Å². The number of aromatic carboxylic acids is 1. The molecule has 3 nitrogen and oxygen atoms in total. The van der Waals surface area contributed by atoms with Gasteiger partial charge in [0.1, 0.15) is 0 Å². The summed E-state index contributed by atoms with van der Waals surface area (Å²) in [5, 5.41) is 10.3. The minimum absolute atomic E-state index is 0.378. The first-order valence-electron chi connectivity index (χ1n) is 7.45. The zero-order chi connectivity index (χ0) is 14.3. The molecule has 0 atom stereocenters. The van der Waals surface area contributed by atoms with Gasteiger partial charge in [0.05, 0.1) is 5.56 Å². The summed E-state index contributed by atoms with van der Waals surface area (Å²) >= 11 is 0. The lowest BCUT2D eigenvalue weighted by Crippen LogP contribution is -2.27. The number of aromatic nitrogens is 1. The van der Waals surface area contributed by atoms with E-state index in [4.69, 9.17) is 0 Å². The number of aryl methyl sites for hydroxylation is 1. The molecule has 3 rings (SSSR count). The van der Waals surface area contributed by atoms with Gasteiger partial charge < -0.3 is 10.1 Å². The first-order chi connectivity index (χ1) is 9.58. The number of rotatable bonds is 3. The molecule has 1 aromatic heterocycles. The maximum atomic E-state index is 11.2. The zero-order valence-corrected chi connectivity index (χ0v) is 12.1. The molecule has 1 aliphatic rings. The summed E-state index contributed by atoms with van der Waals surface area (Å²) in [5.41, 5.74) is 4.49. The molecule has 0 fully saturated rings. The van der Waals surface area contributed by atoms with Crippen molar-refractivity contribution >= 4 is 16.9 Å². The number of carboxylic acids is 1. The predicted molar refractivity (Wildman–Crippen MR) is 80.3 cm³/mol. The molecule has 1 heterocycles. The van der Waals surface area contributed by atoms with Crippen molar-refractivity contribution in [1.82, 2.24) is 4.98 Å². The maximum absolute atomic E-state index is 11.2. The molecule has 106 valence electrons. The summed E-state index contributed by atoms with van der Waals surface area (Å²) in [6, 6.07) is 5.41. The molecular formula is C17H21NO2. The third kappa shape index (κ3) is 1.92. The van der Waals surface area contributed by atoms with E-state index in [0.717, 1.165) is 23.7 Å². The van der Waals surface area contributed by atoms with E-state index < -0.39 is 5.97 Å². The standard InChI is InChI=1S/C17H21NO2/c1-3-17(4-2)8-7-15-13(10-17)12-9-11(16(19)20)5-6-14(12)18-15/h5-6,9,18H,3-4,7-8,10H2,1-2H3,(H,19,20). The Morgan fingerprint density at radius 1 is 1.35 bits per heavy atom. The SMILES string of the molecule is CCC1(CC)CCc2[nH]c3ccc(C(=O)O)cc3c2C1. The minimum Gasteiger partial charge on any atom is -0.478 e. The summed E-state index contributed by atoms with van der Waals surface area (Å²) in [6.45, 7) is 4.54. The fraction of sp³-hybridized carbons (Fsp3) is 0.471. The summed E-state index contributed by atoms with van der Waals surface area (Å²) in [5.74, 6) is -0.852. The Labute approximate surface area is 119 Å². The van der Waals surface area contributed by atoms with Gasteiger partial charge in [0.15, 0.2) is 0 Å². The van der Waals surface area contributed by atoms with Gasteiger partial charge in [0.2, 0.25) is 0 Å². The number of nitrogens with one attached hydrogen (secondary N) is 1. The predicted octanol–water partition coefficient (Wildman–Crippen LogP) is 4.16. The third-order valence-electron chi connectivity index (χ3n) is 5.20. The van der Waals surface area contributed by atoms with Crippen LogP contribution in [0.5, 0.6) is 0 Å². The van der Waals surface area contributed by atoms with Crippen molar-refractivity contribution in [3.05, 3.63) is 35.0 Å². The first-order valence-corrected chi connectivity index (χ1v) is 7.45. The van der Waals surface area contributed by atoms with Crippen LogP contribution in [0, 0.1) is 5.41 Å². The quantitative estimate of drug-likeness (QED) is 0.880. The summed E-state index contributed by atoms with van der Waals surface area (Å²) in [4.78, 5) is 14.6. The number of hydrogen-bond acceptors (Lipinski definition) is 1. The van der Waals surface area contributed by atoms with Gasteiger partial charge in [-0.25, -0.2) is 4.79 Å². The minimum atomic E-state index is -0.852. The number of carbonyl (C=O) groups is 1. The van der Waals surface area contributed by atoms with Crippen molar-refractivity contribution in [2.45, 2.75) is 46.0 Å². The van der Waals surface area contributed by atoms with Crippen LogP contribution in [0.25, 0.3) is 10.9 Å². The van der Waals surface area contributed by atoms with Crippen LogP contribution in [-0.2, 0) is 12.8 Å². The van der Waals surface area contributed by atoms with E-state index in [2.05, 4.69) is 18.8 Å². The monoisotopic (exact) mass is 271 g/mol. The fourth-order valence-electron chi connectivity index (χ4n) is 3.56. The molecule has 0 saturated carbocycles. The van der Waals surface area contributed by atoms with Crippen LogP contribution < -0.4 is 0 Å². The molecule has 0 saturated heterocycles. The topological polar surface area (TPSA) is 53.1 Å². The molecule has 2 N–H and O–H groups in total. The molecule has 0 unspecified atom stereocenters. The summed E-state index contributed by atoms with van der Waals surface area (Å²) < 4.78 is 0. The first kappa shape index (κ1) is 13.2. The number of H-pyrrole nitrogens is 1. The lowest BCUT2D eigenvalue weighted by atomic mass is 9.69. The van der Waals surface area contributed by atoms with Gasteiger partial charge in [-0.1, -0.05) is 26.7 Å². The number of hydrogen-bond donors (Lipinski definition) is 2. The second-order valence-electron chi connectivity index (χ2n) is 6.03. The zero-order valence-electron chi connectivity index (χ0n) is 12.1. The molecule has 0 aliphatic heterocycles. The van der Waals surface area contributed by atoms with Crippen LogP contribution in [0.15, 0.2) is 18.2 Å². The Morgan fingerprint density at radius 3 is 2.75 bits per heavy atom. The lowest BCUT2D eigenvalue weighted by Gasteiger charge is -2.35. The smallest absolute Gasteiger partial charge is 0.335 e. The Bertz CT molecular complexity index is 665. The number of benzene rings is 1. The lowest BCUT2D eigenvalue weighted by molar-refractivity contribution is 0.0697. The Morgan fingerprint density at radius 2 is 2.10 bits per heavy atom. The van der Waals surface area contributed by atoms with Crippen molar-refractivity contribution in [2.75, 3.05) is 0 Å². The Hall–Kier alpha value is -1.77. The molecular weight excluding hydrogens is 250 g/mol. The second kappa shape index (κ2) is 4.65. The molecule has 0 spiro atoms. The average molecular weight is 271 g/mol. The highest BCUT2D eigenvalue weighted by Gasteiger charge is 2.33. The van der Waals surface area contributed by atoms with E-state index in [0.29, 0.717) is 11.0 Å². The van der Waals surface area contributed by atoms with Crippen LogP contribution >= 0.6 is 0 Å². The van der Waals surface area contributed by atoms with Gasteiger partial charge in [0, 0.05) is 16.6 Å². The Kier molecular flexibility index (Phi) is 3.08. The third-order valence-corrected chi connectivity index (χ3v) is 5.20. The van der Waals surface area contributed by atoms with E-state index in [9.17, 15) is 9.90 Å². The number of aromatic amines is 1. The van der Waals surface area contributed by atoms with E-state index in [1.807, 2.05) is 12.1 Å². The summed E-state index contributed by atoms with van der Waals surface area (Å²) in [7, 11) is 0. The largest absolute Gasteiger partial charge is 0.478 e.